The van der Waals surface area contributed by atoms with Gasteiger partial charge in [0.25, 0.3) is 5.56 Å². The number of piperidine rings is 1. The lowest BCUT2D eigenvalue weighted by molar-refractivity contribution is 0.106. The fourth-order valence-electron chi connectivity index (χ4n) is 4.99. The second kappa shape index (κ2) is 8.50. The first-order valence-electron chi connectivity index (χ1n) is 10.7. The smallest absolute Gasteiger partial charge is 0.250 e. The Labute approximate surface area is 186 Å². The SMILES string of the molecule is O=c1ccc(C=Cc2ccc(Cl)cc2)c2n1CC1CC2CN(Cc2ccc(CO)o2)C1. The first-order valence-corrected chi connectivity index (χ1v) is 11.0. The van der Waals surface area contributed by atoms with Gasteiger partial charge in [0.05, 0.1) is 6.54 Å². The minimum atomic E-state index is -0.0785. The standard InChI is InChI=1S/C25H25ClN2O3/c26-21-6-2-17(3-7-21)1-4-19-5-10-24(30)28-13-18-11-20(25(19)28)14-27(12-18)15-22-8-9-23(16-29)31-22/h1-10,18,20,29H,11-16H2. The molecule has 1 aromatic carbocycles. The summed E-state index contributed by atoms with van der Waals surface area (Å²) in [4.78, 5) is 15.0. The van der Waals surface area contributed by atoms with E-state index in [1.54, 1.807) is 6.07 Å². The van der Waals surface area contributed by atoms with Crippen molar-refractivity contribution in [3.05, 3.63) is 92.2 Å². The molecule has 2 bridgehead atoms. The van der Waals surface area contributed by atoms with E-state index in [4.69, 9.17) is 16.0 Å². The maximum Gasteiger partial charge on any atom is 0.250 e. The molecule has 1 fully saturated rings. The highest BCUT2D eigenvalue weighted by Gasteiger charge is 2.35. The van der Waals surface area contributed by atoms with Gasteiger partial charge in [-0.05, 0) is 53.8 Å². The lowest BCUT2D eigenvalue weighted by atomic mass is 9.81. The van der Waals surface area contributed by atoms with E-state index >= 15 is 0 Å². The van der Waals surface area contributed by atoms with E-state index in [1.807, 2.05) is 47.0 Å². The molecule has 2 aromatic heterocycles. The molecular formula is C25H25ClN2O3. The van der Waals surface area contributed by atoms with Crippen LogP contribution in [0.25, 0.3) is 12.2 Å². The number of aliphatic hydroxyl groups is 1. The first-order chi connectivity index (χ1) is 15.1. The zero-order valence-corrected chi connectivity index (χ0v) is 18.0. The summed E-state index contributed by atoms with van der Waals surface area (Å²) in [7, 11) is 0. The monoisotopic (exact) mass is 436 g/mol. The molecule has 0 spiro atoms. The van der Waals surface area contributed by atoms with Crippen molar-refractivity contribution in [2.75, 3.05) is 13.1 Å². The third-order valence-electron chi connectivity index (χ3n) is 6.28. The zero-order chi connectivity index (χ0) is 21.4. The summed E-state index contributed by atoms with van der Waals surface area (Å²) in [6.07, 6.45) is 5.28. The van der Waals surface area contributed by atoms with E-state index in [1.165, 1.54) is 0 Å². The van der Waals surface area contributed by atoms with Gasteiger partial charge in [-0.15, -0.1) is 0 Å². The first kappa shape index (κ1) is 20.3. The molecule has 2 aliphatic rings. The van der Waals surface area contributed by atoms with E-state index in [-0.39, 0.29) is 12.2 Å². The number of furan rings is 1. The molecule has 2 aliphatic heterocycles. The van der Waals surface area contributed by atoms with Gasteiger partial charge in [0.1, 0.15) is 18.1 Å². The van der Waals surface area contributed by atoms with Crippen LogP contribution in [-0.4, -0.2) is 27.7 Å². The maximum atomic E-state index is 12.6. The largest absolute Gasteiger partial charge is 0.462 e. The number of likely N-dealkylation sites (tertiary alicyclic amines) is 1. The molecule has 0 radical (unpaired) electrons. The number of fused-ring (bicyclic) bond motifs is 4. The van der Waals surface area contributed by atoms with Gasteiger partial charge in [-0.3, -0.25) is 9.69 Å². The maximum absolute atomic E-state index is 12.6. The molecule has 3 aromatic rings. The molecule has 1 saturated heterocycles. The number of aromatic nitrogens is 1. The van der Waals surface area contributed by atoms with Crippen LogP contribution < -0.4 is 5.56 Å². The summed E-state index contributed by atoms with van der Waals surface area (Å²) in [6, 6.07) is 15.1. The van der Waals surface area contributed by atoms with Crippen molar-refractivity contribution in [2.45, 2.75) is 32.0 Å². The third-order valence-corrected chi connectivity index (χ3v) is 6.53. The summed E-state index contributed by atoms with van der Waals surface area (Å²) < 4.78 is 7.68. The highest BCUT2D eigenvalue weighted by atomic mass is 35.5. The van der Waals surface area contributed by atoms with E-state index < -0.39 is 0 Å². The predicted molar refractivity (Wildman–Crippen MR) is 122 cm³/mol. The van der Waals surface area contributed by atoms with Crippen LogP contribution in [0.4, 0.5) is 0 Å². The van der Waals surface area contributed by atoms with Crippen molar-refractivity contribution in [1.29, 1.82) is 0 Å². The molecular weight excluding hydrogens is 412 g/mol. The number of aliphatic hydroxyl groups excluding tert-OH is 1. The van der Waals surface area contributed by atoms with Gasteiger partial charge in [0, 0.05) is 42.3 Å². The molecule has 2 unspecified atom stereocenters. The molecule has 2 atom stereocenters. The minimum absolute atomic E-state index is 0.0785. The summed E-state index contributed by atoms with van der Waals surface area (Å²) in [6.45, 7) is 3.23. The van der Waals surface area contributed by atoms with Crippen LogP contribution in [0.15, 0.2) is 57.7 Å². The van der Waals surface area contributed by atoms with Gasteiger partial charge in [0.2, 0.25) is 0 Å². The number of hydrogen-bond acceptors (Lipinski definition) is 4. The Hall–Kier alpha value is -2.60. The number of rotatable bonds is 5. The van der Waals surface area contributed by atoms with Gasteiger partial charge in [-0.25, -0.2) is 0 Å². The number of nitrogens with zero attached hydrogens (tertiary/aromatic N) is 2. The third kappa shape index (κ3) is 4.26. The van der Waals surface area contributed by atoms with Crippen LogP contribution in [0.1, 0.15) is 40.7 Å². The van der Waals surface area contributed by atoms with E-state index in [0.717, 1.165) is 60.2 Å². The fraction of sp³-hybridized carbons (Fsp3) is 0.320. The van der Waals surface area contributed by atoms with Crippen LogP contribution in [0.3, 0.4) is 0 Å². The average Bonchev–Trinajstić information content (AvgIpc) is 3.22. The number of hydrogen-bond donors (Lipinski definition) is 1. The van der Waals surface area contributed by atoms with Gasteiger partial charge >= 0.3 is 0 Å². The Balaban J connectivity index is 1.42. The van der Waals surface area contributed by atoms with Crippen molar-refractivity contribution < 1.29 is 9.52 Å². The van der Waals surface area contributed by atoms with Gasteiger partial charge in [0.15, 0.2) is 0 Å². The molecule has 4 heterocycles. The van der Waals surface area contributed by atoms with Crippen LogP contribution in [0, 0.1) is 5.92 Å². The summed E-state index contributed by atoms with van der Waals surface area (Å²) in [5.41, 5.74) is 3.39. The van der Waals surface area contributed by atoms with E-state index in [2.05, 4.69) is 17.1 Å². The van der Waals surface area contributed by atoms with Crippen LogP contribution >= 0.6 is 11.6 Å². The Bertz CT molecular complexity index is 1160. The molecule has 5 rings (SSSR count). The molecule has 0 aliphatic carbocycles. The lowest BCUT2D eigenvalue weighted by Gasteiger charge is -2.43. The second-order valence-corrected chi connectivity index (χ2v) is 8.96. The molecule has 0 saturated carbocycles. The van der Waals surface area contributed by atoms with Crippen LogP contribution in [0.2, 0.25) is 5.02 Å². The Morgan fingerprint density at radius 3 is 2.58 bits per heavy atom. The van der Waals surface area contributed by atoms with Gasteiger partial charge in [-0.1, -0.05) is 35.9 Å². The second-order valence-electron chi connectivity index (χ2n) is 8.53. The number of halogens is 1. The Kier molecular flexibility index (Phi) is 5.57. The van der Waals surface area contributed by atoms with Crippen molar-refractivity contribution in [3.63, 3.8) is 0 Å². The minimum Gasteiger partial charge on any atom is -0.462 e. The molecule has 160 valence electrons. The summed E-state index contributed by atoms with van der Waals surface area (Å²) in [5, 5.41) is 9.97. The van der Waals surface area contributed by atoms with Crippen molar-refractivity contribution in [3.8, 4) is 0 Å². The Morgan fingerprint density at radius 2 is 1.81 bits per heavy atom. The molecule has 6 heteroatoms. The number of pyridine rings is 1. The predicted octanol–water partition coefficient (Wildman–Crippen LogP) is 4.38. The number of benzene rings is 1. The van der Waals surface area contributed by atoms with E-state index in [0.29, 0.717) is 17.6 Å². The van der Waals surface area contributed by atoms with Gasteiger partial charge < -0.3 is 14.1 Å². The Morgan fingerprint density at radius 1 is 1.00 bits per heavy atom. The summed E-state index contributed by atoms with van der Waals surface area (Å²) in [5.74, 6) is 2.22. The van der Waals surface area contributed by atoms with Crippen molar-refractivity contribution in [1.82, 2.24) is 9.47 Å². The molecule has 0 amide bonds. The topological polar surface area (TPSA) is 58.6 Å². The van der Waals surface area contributed by atoms with Crippen molar-refractivity contribution in [2.24, 2.45) is 5.92 Å². The normalized spacial score (nSPS) is 20.8. The quantitative estimate of drug-likeness (QED) is 0.645. The van der Waals surface area contributed by atoms with E-state index in [9.17, 15) is 9.90 Å². The summed E-state index contributed by atoms with van der Waals surface area (Å²) >= 11 is 5.99. The fourth-order valence-corrected chi connectivity index (χ4v) is 5.12. The van der Waals surface area contributed by atoms with Crippen LogP contribution in [0.5, 0.6) is 0 Å². The van der Waals surface area contributed by atoms with Gasteiger partial charge in [-0.2, -0.15) is 0 Å². The lowest BCUT2D eigenvalue weighted by Crippen LogP contribution is -2.47. The highest BCUT2D eigenvalue weighted by molar-refractivity contribution is 6.30. The van der Waals surface area contributed by atoms with Crippen molar-refractivity contribution >= 4 is 23.8 Å². The van der Waals surface area contributed by atoms with Crippen LogP contribution in [-0.2, 0) is 19.7 Å². The zero-order valence-electron chi connectivity index (χ0n) is 17.2. The molecule has 31 heavy (non-hydrogen) atoms. The molecule has 5 nitrogen and oxygen atoms in total. The highest BCUT2D eigenvalue weighted by Crippen LogP contribution is 2.37. The average molecular weight is 437 g/mol. The molecule has 1 N–H and O–H groups in total.